The van der Waals surface area contributed by atoms with Crippen LogP contribution in [0.2, 0.25) is 0 Å². The van der Waals surface area contributed by atoms with Crippen molar-refractivity contribution in [3.63, 3.8) is 0 Å². The van der Waals surface area contributed by atoms with E-state index in [4.69, 9.17) is 0 Å². The molecule has 0 saturated carbocycles. The van der Waals surface area contributed by atoms with Gasteiger partial charge in [0.05, 0.1) is 0 Å². The number of carbonyl (C=O) groups excluding carboxylic acids is 1. The van der Waals surface area contributed by atoms with Crippen LogP contribution in [0.3, 0.4) is 0 Å². The van der Waals surface area contributed by atoms with E-state index >= 15 is 0 Å². The standard InChI is InChI=1S/C13H17NOS/c1-16-13(15)12(14-9-5-6-10-14)11-7-3-2-4-8-11/h2-4,7-8,12H,5-6,9-10H2,1H3/t12-/m1/s1. The molecule has 1 atom stereocenters. The molecule has 1 aromatic rings. The molecule has 0 aromatic heterocycles. The van der Waals surface area contributed by atoms with E-state index in [0.29, 0.717) is 0 Å². The molecule has 0 radical (unpaired) electrons. The number of carbonyl (C=O) groups is 1. The lowest BCUT2D eigenvalue weighted by molar-refractivity contribution is -0.115. The zero-order valence-electron chi connectivity index (χ0n) is 9.56. The normalized spacial score (nSPS) is 18.6. The van der Waals surface area contributed by atoms with E-state index in [0.717, 1.165) is 18.7 Å². The highest BCUT2D eigenvalue weighted by molar-refractivity contribution is 8.13. The number of rotatable bonds is 3. The quantitative estimate of drug-likeness (QED) is 0.803. The van der Waals surface area contributed by atoms with Gasteiger partial charge in [-0.2, -0.15) is 0 Å². The van der Waals surface area contributed by atoms with Crippen molar-refractivity contribution in [2.24, 2.45) is 0 Å². The Bertz CT molecular complexity index is 346. The molecule has 2 rings (SSSR count). The minimum absolute atomic E-state index is 0.0429. The molecule has 0 spiro atoms. The summed E-state index contributed by atoms with van der Waals surface area (Å²) >= 11 is 1.33. The molecule has 3 heteroatoms. The third-order valence-electron chi connectivity index (χ3n) is 3.05. The van der Waals surface area contributed by atoms with Crippen LogP contribution < -0.4 is 0 Å². The Hall–Kier alpha value is -0.800. The van der Waals surface area contributed by atoms with Gasteiger partial charge in [-0.1, -0.05) is 42.1 Å². The van der Waals surface area contributed by atoms with Crippen LogP contribution in [-0.4, -0.2) is 29.4 Å². The molecule has 0 aliphatic carbocycles. The van der Waals surface area contributed by atoms with Gasteiger partial charge in [0, 0.05) is 0 Å². The van der Waals surface area contributed by atoms with Crippen LogP contribution in [-0.2, 0) is 4.79 Å². The van der Waals surface area contributed by atoms with Crippen LogP contribution in [0.1, 0.15) is 24.4 Å². The predicted molar refractivity (Wildman–Crippen MR) is 68.5 cm³/mol. The van der Waals surface area contributed by atoms with Crippen molar-refractivity contribution in [3.05, 3.63) is 35.9 Å². The topological polar surface area (TPSA) is 20.3 Å². The number of hydrogen-bond acceptors (Lipinski definition) is 3. The maximum Gasteiger partial charge on any atom is 0.210 e. The lowest BCUT2D eigenvalue weighted by Crippen LogP contribution is -2.30. The molecule has 0 N–H and O–H groups in total. The number of nitrogens with zero attached hydrogens (tertiary/aromatic N) is 1. The summed E-state index contributed by atoms with van der Waals surface area (Å²) in [4.78, 5) is 14.3. The second-order valence-electron chi connectivity index (χ2n) is 4.08. The molecule has 1 fully saturated rings. The van der Waals surface area contributed by atoms with Crippen LogP contribution in [0.15, 0.2) is 30.3 Å². The highest BCUT2D eigenvalue weighted by Crippen LogP contribution is 2.28. The monoisotopic (exact) mass is 235 g/mol. The Morgan fingerprint density at radius 2 is 1.88 bits per heavy atom. The summed E-state index contributed by atoms with van der Waals surface area (Å²) in [7, 11) is 0. The Morgan fingerprint density at radius 3 is 2.44 bits per heavy atom. The van der Waals surface area contributed by atoms with Crippen molar-refractivity contribution in [3.8, 4) is 0 Å². The maximum atomic E-state index is 12.0. The van der Waals surface area contributed by atoms with Gasteiger partial charge in [-0.3, -0.25) is 9.69 Å². The number of likely N-dealkylation sites (tertiary alicyclic amines) is 1. The van der Waals surface area contributed by atoms with Crippen molar-refractivity contribution < 1.29 is 4.79 Å². The molecule has 1 aliphatic heterocycles. The zero-order chi connectivity index (χ0) is 11.4. The summed E-state index contributed by atoms with van der Waals surface area (Å²) in [6.45, 7) is 2.09. The molecule has 1 aromatic carbocycles. The minimum atomic E-state index is -0.0429. The summed E-state index contributed by atoms with van der Waals surface area (Å²) < 4.78 is 0. The van der Waals surface area contributed by atoms with Gasteiger partial charge in [0.1, 0.15) is 6.04 Å². The minimum Gasteiger partial charge on any atom is -0.289 e. The van der Waals surface area contributed by atoms with Crippen molar-refractivity contribution in [1.82, 2.24) is 4.90 Å². The molecule has 0 bridgehead atoms. The summed E-state index contributed by atoms with van der Waals surface area (Å²) in [6.07, 6.45) is 4.30. The van der Waals surface area contributed by atoms with Gasteiger partial charge >= 0.3 is 0 Å². The van der Waals surface area contributed by atoms with Crippen LogP contribution >= 0.6 is 11.8 Å². The Morgan fingerprint density at radius 1 is 1.25 bits per heavy atom. The third-order valence-corrected chi connectivity index (χ3v) is 3.67. The molecule has 1 aliphatic rings. The first-order valence-corrected chi connectivity index (χ1v) is 6.92. The van der Waals surface area contributed by atoms with Crippen LogP contribution in [0.25, 0.3) is 0 Å². The average molecular weight is 235 g/mol. The first-order chi connectivity index (χ1) is 7.83. The summed E-state index contributed by atoms with van der Waals surface area (Å²) in [6, 6.07) is 10.1. The van der Waals surface area contributed by atoms with Crippen molar-refractivity contribution >= 4 is 16.9 Å². The fourth-order valence-electron chi connectivity index (χ4n) is 2.24. The molecule has 2 nitrogen and oxygen atoms in total. The molecule has 1 heterocycles. The van der Waals surface area contributed by atoms with Gasteiger partial charge < -0.3 is 0 Å². The van der Waals surface area contributed by atoms with Gasteiger partial charge in [-0.05, 0) is 37.8 Å². The number of thioether (sulfide) groups is 1. The van der Waals surface area contributed by atoms with E-state index in [2.05, 4.69) is 17.0 Å². The van der Waals surface area contributed by atoms with Gasteiger partial charge in [-0.25, -0.2) is 0 Å². The van der Waals surface area contributed by atoms with Crippen LogP contribution in [0.5, 0.6) is 0 Å². The van der Waals surface area contributed by atoms with Gasteiger partial charge in [0.2, 0.25) is 5.12 Å². The molecule has 0 unspecified atom stereocenters. The Kier molecular flexibility index (Phi) is 4.02. The second-order valence-corrected chi connectivity index (χ2v) is 4.89. The SMILES string of the molecule is CSC(=O)[C@@H](c1ccccc1)N1CCCC1. The first kappa shape index (κ1) is 11.7. The maximum absolute atomic E-state index is 12.0. The molecule has 86 valence electrons. The lowest BCUT2D eigenvalue weighted by atomic mass is 10.1. The van der Waals surface area contributed by atoms with Crippen molar-refractivity contribution in [2.45, 2.75) is 18.9 Å². The van der Waals surface area contributed by atoms with E-state index in [9.17, 15) is 4.79 Å². The molecule has 16 heavy (non-hydrogen) atoms. The van der Waals surface area contributed by atoms with Gasteiger partial charge in [0.15, 0.2) is 0 Å². The third kappa shape index (κ3) is 2.47. The van der Waals surface area contributed by atoms with E-state index < -0.39 is 0 Å². The van der Waals surface area contributed by atoms with Crippen molar-refractivity contribution in [1.29, 1.82) is 0 Å². The molecular weight excluding hydrogens is 218 g/mol. The van der Waals surface area contributed by atoms with Crippen LogP contribution in [0, 0.1) is 0 Å². The first-order valence-electron chi connectivity index (χ1n) is 5.70. The highest BCUT2D eigenvalue weighted by atomic mass is 32.2. The predicted octanol–water partition coefficient (Wildman–Crippen LogP) is 2.71. The van der Waals surface area contributed by atoms with Gasteiger partial charge in [-0.15, -0.1) is 0 Å². The summed E-state index contributed by atoms with van der Waals surface area (Å²) in [5.41, 5.74) is 1.13. The summed E-state index contributed by atoms with van der Waals surface area (Å²) in [5.74, 6) is 0. The number of benzene rings is 1. The largest absolute Gasteiger partial charge is 0.289 e. The molecule has 1 saturated heterocycles. The summed E-state index contributed by atoms with van der Waals surface area (Å²) in [5, 5.41) is 0.258. The lowest BCUT2D eigenvalue weighted by Gasteiger charge is -2.25. The fraction of sp³-hybridized carbons (Fsp3) is 0.462. The van der Waals surface area contributed by atoms with E-state index in [1.807, 2.05) is 24.5 Å². The Balaban J connectivity index is 2.24. The highest BCUT2D eigenvalue weighted by Gasteiger charge is 2.28. The van der Waals surface area contributed by atoms with E-state index in [-0.39, 0.29) is 11.2 Å². The Labute approximate surface area is 101 Å². The van der Waals surface area contributed by atoms with E-state index in [1.54, 1.807) is 0 Å². The van der Waals surface area contributed by atoms with Crippen LogP contribution in [0.4, 0.5) is 0 Å². The van der Waals surface area contributed by atoms with Gasteiger partial charge in [0.25, 0.3) is 0 Å². The number of hydrogen-bond donors (Lipinski definition) is 0. The van der Waals surface area contributed by atoms with E-state index in [1.165, 1.54) is 24.6 Å². The fourth-order valence-corrected chi connectivity index (χ4v) is 2.75. The molecular formula is C13H17NOS. The zero-order valence-corrected chi connectivity index (χ0v) is 10.4. The second kappa shape index (κ2) is 5.51. The average Bonchev–Trinajstić information content (AvgIpc) is 2.84. The molecule has 0 amide bonds. The smallest absolute Gasteiger partial charge is 0.210 e. The van der Waals surface area contributed by atoms with Crippen molar-refractivity contribution in [2.75, 3.05) is 19.3 Å².